The Kier molecular flexibility index (Phi) is 5.02. The quantitative estimate of drug-likeness (QED) is 0.384. The molecule has 0 fully saturated rings. The van der Waals surface area contributed by atoms with Gasteiger partial charge in [0.2, 0.25) is 5.13 Å². The Labute approximate surface area is 187 Å². The third-order valence-corrected chi connectivity index (χ3v) is 5.86. The number of methoxy groups -OCH3 is 1. The average Bonchev–Trinajstić information content (AvgIpc) is 3.49. The molecule has 0 unspecified atom stereocenters. The van der Waals surface area contributed by atoms with Gasteiger partial charge in [-0.05, 0) is 44.2 Å². The Morgan fingerprint density at radius 2 is 2.09 bits per heavy atom. The van der Waals surface area contributed by atoms with Crippen LogP contribution < -0.4 is 14.8 Å². The van der Waals surface area contributed by atoms with Crippen molar-refractivity contribution in [2.75, 3.05) is 19.0 Å². The van der Waals surface area contributed by atoms with E-state index in [0.29, 0.717) is 28.9 Å². The molecule has 0 aliphatic heterocycles. The summed E-state index contributed by atoms with van der Waals surface area (Å²) >= 11 is 1.46. The summed E-state index contributed by atoms with van der Waals surface area (Å²) in [5, 5.41) is 8.84. The second-order valence-corrected chi connectivity index (χ2v) is 8.09. The average molecular weight is 449 g/mol. The van der Waals surface area contributed by atoms with Crippen LogP contribution in [-0.2, 0) is 0 Å². The number of carbonyl (C=O) groups is 1. The summed E-state index contributed by atoms with van der Waals surface area (Å²) in [7, 11) is 1.63. The van der Waals surface area contributed by atoms with Crippen molar-refractivity contribution in [2.45, 2.75) is 13.8 Å². The topological polar surface area (TPSA) is 91.4 Å². The first-order valence-corrected chi connectivity index (χ1v) is 10.9. The number of hydrogen-bond acceptors (Lipinski definition) is 7. The van der Waals surface area contributed by atoms with Crippen molar-refractivity contribution in [3.63, 3.8) is 0 Å². The van der Waals surface area contributed by atoms with E-state index in [1.807, 2.05) is 50.2 Å². The van der Waals surface area contributed by atoms with Gasteiger partial charge < -0.3 is 19.2 Å². The van der Waals surface area contributed by atoms with Crippen LogP contribution in [0.3, 0.4) is 0 Å². The van der Waals surface area contributed by atoms with E-state index in [4.69, 9.17) is 13.9 Å². The van der Waals surface area contributed by atoms with Crippen LogP contribution in [0.15, 0.2) is 52.9 Å². The van der Waals surface area contributed by atoms with E-state index in [9.17, 15) is 4.79 Å². The van der Waals surface area contributed by atoms with Crippen molar-refractivity contribution < 1.29 is 18.7 Å². The van der Waals surface area contributed by atoms with Gasteiger partial charge in [-0.1, -0.05) is 23.5 Å². The Morgan fingerprint density at radius 3 is 2.91 bits per heavy atom. The molecular weight excluding hydrogens is 428 g/mol. The van der Waals surface area contributed by atoms with Gasteiger partial charge in [0, 0.05) is 11.5 Å². The lowest BCUT2D eigenvalue weighted by molar-refractivity contribution is 0.0998. The third kappa shape index (κ3) is 3.56. The number of hydrogen-bond donors (Lipinski definition) is 1. The minimum atomic E-state index is -0.382. The number of nitrogens with zero attached hydrogens (tertiary/aromatic N) is 3. The zero-order valence-electron chi connectivity index (χ0n) is 17.7. The molecule has 0 radical (unpaired) electrons. The summed E-state index contributed by atoms with van der Waals surface area (Å²) in [4.78, 5) is 17.6. The smallest absolute Gasteiger partial charge is 0.292 e. The maximum atomic E-state index is 13.0. The van der Waals surface area contributed by atoms with Gasteiger partial charge in [-0.15, -0.1) is 0 Å². The van der Waals surface area contributed by atoms with Gasteiger partial charge in [0.05, 0.1) is 29.6 Å². The number of fused-ring (bicyclic) bond motifs is 2. The number of benzene rings is 2. The van der Waals surface area contributed by atoms with Crippen LogP contribution in [0.4, 0.5) is 5.82 Å². The molecule has 0 saturated heterocycles. The molecule has 1 amide bonds. The van der Waals surface area contributed by atoms with E-state index in [-0.39, 0.29) is 11.7 Å². The summed E-state index contributed by atoms with van der Waals surface area (Å²) < 4.78 is 19.3. The lowest BCUT2D eigenvalue weighted by atomic mass is 10.2. The van der Waals surface area contributed by atoms with Crippen LogP contribution in [0, 0.1) is 6.92 Å². The first kappa shape index (κ1) is 20.1. The largest absolute Gasteiger partial charge is 0.497 e. The van der Waals surface area contributed by atoms with Gasteiger partial charge in [-0.3, -0.25) is 4.79 Å². The van der Waals surface area contributed by atoms with Crippen LogP contribution in [-0.4, -0.2) is 34.4 Å². The predicted molar refractivity (Wildman–Crippen MR) is 123 cm³/mol. The fourth-order valence-electron chi connectivity index (χ4n) is 3.44. The molecular formula is C23H20N4O4S. The summed E-state index contributed by atoms with van der Waals surface area (Å²) in [6.07, 6.45) is 0. The highest BCUT2D eigenvalue weighted by Crippen LogP contribution is 2.31. The molecule has 0 aliphatic rings. The van der Waals surface area contributed by atoms with Crippen LogP contribution in [0.1, 0.15) is 23.2 Å². The third-order valence-electron chi connectivity index (χ3n) is 4.87. The second kappa shape index (κ2) is 8.01. The van der Waals surface area contributed by atoms with Gasteiger partial charge in [-0.25, -0.2) is 4.98 Å². The monoisotopic (exact) mass is 448 g/mol. The number of amides is 1. The van der Waals surface area contributed by atoms with Gasteiger partial charge in [-0.2, -0.15) is 9.78 Å². The number of carbonyl (C=O) groups excluding carboxylic acids is 1. The molecule has 5 aromatic rings. The van der Waals surface area contributed by atoms with Crippen molar-refractivity contribution in [1.29, 1.82) is 0 Å². The molecule has 3 heterocycles. The summed E-state index contributed by atoms with van der Waals surface area (Å²) in [5.74, 6) is 1.67. The SMILES string of the molecule is CCOc1cccc2cc(C(=O)Nc3cc(C)nn3-c3nc4ccc(OC)cc4s3)oc12. The van der Waals surface area contributed by atoms with E-state index in [1.54, 1.807) is 23.9 Å². The number of anilines is 1. The van der Waals surface area contributed by atoms with E-state index < -0.39 is 0 Å². The molecule has 3 aromatic heterocycles. The van der Waals surface area contributed by atoms with Gasteiger partial charge in [0.15, 0.2) is 17.1 Å². The van der Waals surface area contributed by atoms with E-state index in [1.165, 1.54) is 11.3 Å². The number of furan rings is 1. The van der Waals surface area contributed by atoms with Crippen molar-refractivity contribution in [1.82, 2.24) is 14.8 Å². The maximum Gasteiger partial charge on any atom is 0.292 e. The first-order valence-electron chi connectivity index (χ1n) is 10.0. The van der Waals surface area contributed by atoms with Gasteiger partial charge >= 0.3 is 0 Å². The normalized spacial score (nSPS) is 11.2. The molecule has 5 rings (SSSR count). The number of aromatic nitrogens is 3. The molecule has 2 aromatic carbocycles. The molecule has 0 bridgehead atoms. The Hall–Kier alpha value is -3.85. The van der Waals surface area contributed by atoms with Crippen LogP contribution in [0.2, 0.25) is 0 Å². The molecule has 0 spiro atoms. The summed E-state index contributed by atoms with van der Waals surface area (Å²) in [6.45, 7) is 4.27. The number of aryl methyl sites for hydroxylation is 1. The Morgan fingerprint density at radius 1 is 1.22 bits per heavy atom. The van der Waals surface area contributed by atoms with Crippen LogP contribution in [0.25, 0.3) is 26.3 Å². The second-order valence-electron chi connectivity index (χ2n) is 7.09. The minimum Gasteiger partial charge on any atom is -0.497 e. The molecule has 32 heavy (non-hydrogen) atoms. The maximum absolute atomic E-state index is 13.0. The van der Waals surface area contributed by atoms with Crippen molar-refractivity contribution >= 4 is 44.2 Å². The van der Waals surface area contributed by atoms with Crippen LogP contribution >= 0.6 is 11.3 Å². The number of para-hydroxylation sites is 1. The van der Waals surface area contributed by atoms with Crippen LogP contribution in [0.5, 0.6) is 11.5 Å². The van der Waals surface area contributed by atoms with Gasteiger partial charge in [0.1, 0.15) is 11.6 Å². The molecule has 0 atom stereocenters. The number of rotatable bonds is 6. The Bertz CT molecular complexity index is 1450. The minimum absolute atomic E-state index is 0.187. The highest BCUT2D eigenvalue weighted by atomic mass is 32.1. The molecule has 1 N–H and O–H groups in total. The molecule has 0 aliphatic carbocycles. The van der Waals surface area contributed by atoms with E-state index in [0.717, 1.165) is 27.0 Å². The summed E-state index contributed by atoms with van der Waals surface area (Å²) in [6, 6.07) is 14.7. The first-order chi connectivity index (χ1) is 15.6. The number of thiazole rings is 1. The van der Waals surface area contributed by atoms with E-state index >= 15 is 0 Å². The molecule has 0 saturated carbocycles. The molecule has 162 valence electrons. The van der Waals surface area contributed by atoms with Crippen molar-refractivity contribution in [3.05, 3.63) is 60.0 Å². The van der Waals surface area contributed by atoms with Crippen molar-refractivity contribution in [3.8, 4) is 16.6 Å². The lowest BCUT2D eigenvalue weighted by Crippen LogP contribution is -2.14. The van der Waals surface area contributed by atoms with Crippen molar-refractivity contribution in [2.24, 2.45) is 0 Å². The fraction of sp³-hybridized carbons (Fsp3) is 0.174. The standard InChI is InChI=1S/C23H20N4O4S/c1-4-30-17-7-5-6-14-11-18(31-21(14)17)22(28)25-20-10-13(2)26-27(20)23-24-16-9-8-15(29-3)12-19(16)32-23/h5-12H,4H2,1-3H3,(H,25,28). The highest BCUT2D eigenvalue weighted by Gasteiger charge is 2.19. The lowest BCUT2D eigenvalue weighted by Gasteiger charge is -2.05. The predicted octanol–water partition coefficient (Wildman–Crippen LogP) is 5.20. The zero-order valence-corrected chi connectivity index (χ0v) is 18.5. The molecule has 8 nitrogen and oxygen atoms in total. The highest BCUT2D eigenvalue weighted by molar-refractivity contribution is 7.20. The van der Waals surface area contributed by atoms with E-state index in [2.05, 4.69) is 15.4 Å². The number of ether oxygens (including phenoxy) is 2. The zero-order chi connectivity index (χ0) is 22.2. The Balaban J connectivity index is 1.47. The fourth-order valence-corrected chi connectivity index (χ4v) is 4.40. The molecule has 9 heteroatoms. The number of nitrogens with one attached hydrogen (secondary N) is 1. The van der Waals surface area contributed by atoms with Gasteiger partial charge in [0.25, 0.3) is 5.91 Å². The summed E-state index contributed by atoms with van der Waals surface area (Å²) in [5.41, 5.74) is 2.13.